The van der Waals surface area contributed by atoms with Crippen LogP contribution >= 0.6 is 0 Å². The molecule has 0 amide bonds. The summed E-state index contributed by atoms with van der Waals surface area (Å²) >= 11 is 0. The summed E-state index contributed by atoms with van der Waals surface area (Å²) < 4.78 is 26.6. The molecule has 1 aromatic carbocycles. The third kappa shape index (κ3) is 4.28. The summed E-state index contributed by atoms with van der Waals surface area (Å²) in [5.74, 6) is 0. The third-order valence-corrected chi connectivity index (χ3v) is 5.17. The fourth-order valence-corrected chi connectivity index (χ4v) is 3.69. The summed E-state index contributed by atoms with van der Waals surface area (Å²) in [6.45, 7) is 4.51. The highest BCUT2D eigenvalue weighted by Gasteiger charge is 2.26. The maximum atomic E-state index is 12.6. The number of nitrogens with zero attached hydrogens (tertiary/aromatic N) is 1. The zero-order valence-electron chi connectivity index (χ0n) is 12.1. The van der Waals surface area contributed by atoms with E-state index in [4.69, 9.17) is 10.8 Å². The van der Waals surface area contributed by atoms with Crippen LogP contribution in [-0.4, -0.2) is 43.6 Å². The lowest BCUT2D eigenvalue weighted by Gasteiger charge is -2.25. The molecule has 0 bridgehead atoms. The van der Waals surface area contributed by atoms with Crippen LogP contribution in [-0.2, 0) is 16.4 Å². The summed E-state index contributed by atoms with van der Waals surface area (Å²) in [5, 5.41) is 8.90. The summed E-state index contributed by atoms with van der Waals surface area (Å²) in [6.07, 6.45) is 1.17. The zero-order chi connectivity index (χ0) is 15.2. The molecule has 0 unspecified atom stereocenters. The molecule has 0 atom stereocenters. The van der Waals surface area contributed by atoms with Crippen LogP contribution in [0.25, 0.3) is 0 Å². The SMILES string of the molecule is CC(C)N(CCCO)S(=O)(=O)c1ccc(CCN)cc1. The fourth-order valence-electron chi connectivity index (χ4n) is 2.01. The van der Waals surface area contributed by atoms with Crippen molar-refractivity contribution >= 4 is 10.0 Å². The second-order valence-electron chi connectivity index (χ2n) is 4.97. The van der Waals surface area contributed by atoms with Crippen molar-refractivity contribution in [3.05, 3.63) is 29.8 Å². The van der Waals surface area contributed by atoms with Crippen LogP contribution in [0.1, 0.15) is 25.8 Å². The van der Waals surface area contributed by atoms with Crippen molar-refractivity contribution in [1.29, 1.82) is 0 Å². The second-order valence-corrected chi connectivity index (χ2v) is 6.86. The second kappa shape index (κ2) is 7.73. The Bertz CT molecular complexity index is 498. The van der Waals surface area contributed by atoms with Crippen LogP contribution in [0, 0.1) is 0 Å². The van der Waals surface area contributed by atoms with Crippen LogP contribution in [0.4, 0.5) is 0 Å². The van der Waals surface area contributed by atoms with Crippen LogP contribution in [0.15, 0.2) is 29.2 Å². The normalized spacial score (nSPS) is 12.3. The Morgan fingerprint density at radius 2 is 1.85 bits per heavy atom. The number of aliphatic hydroxyl groups is 1. The first kappa shape index (κ1) is 17.1. The molecule has 0 heterocycles. The summed E-state index contributed by atoms with van der Waals surface area (Å²) in [7, 11) is -3.51. The van der Waals surface area contributed by atoms with Gasteiger partial charge in [0.25, 0.3) is 0 Å². The van der Waals surface area contributed by atoms with E-state index in [2.05, 4.69) is 0 Å². The van der Waals surface area contributed by atoms with Gasteiger partial charge in [0.15, 0.2) is 0 Å². The molecule has 0 aliphatic heterocycles. The fraction of sp³-hybridized carbons (Fsp3) is 0.571. The van der Waals surface area contributed by atoms with Crippen molar-refractivity contribution < 1.29 is 13.5 Å². The Morgan fingerprint density at radius 1 is 1.25 bits per heavy atom. The lowest BCUT2D eigenvalue weighted by atomic mass is 10.2. The van der Waals surface area contributed by atoms with Gasteiger partial charge in [0.2, 0.25) is 10.0 Å². The van der Waals surface area contributed by atoms with Gasteiger partial charge in [-0.25, -0.2) is 8.42 Å². The number of nitrogens with two attached hydrogens (primary N) is 1. The van der Waals surface area contributed by atoms with Gasteiger partial charge in [-0.3, -0.25) is 0 Å². The van der Waals surface area contributed by atoms with E-state index in [0.29, 0.717) is 19.5 Å². The average molecular weight is 300 g/mol. The number of rotatable bonds is 8. The molecular weight excluding hydrogens is 276 g/mol. The first-order valence-corrected chi connectivity index (χ1v) is 8.29. The summed E-state index contributed by atoms with van der Waals surface area (Å²) in [5.41, 5.74) is 6.50. The minimum atomic E-state index is -3.51. The first-order chi connectivity index (χ1) is 9.43. The Hall–Kier alpha value is -0.950. The predicted octanol–water partition coefficient (Wildman–Crippen LogP) is 0.969. The molecule has 0 spiro atoms. The van der Waals surface area contributed by atoms with Gasteiger partial charge in [0.1, 0.15) is 0 Å². The molecule has 20 heavy (non-hydrogen) atoms. The quantitative estimate of drug-likeness (QED) is 0.749. The number of hydrogen-bond acceptors (Lipinski definition) is 4. The molecule has 0 aliphatic carbocycles. The summed E-state index contributed by atoms with van der Waals surface area (Å²) in [6, 6.07) is 6.69. The van der Waals surface area contributed by atoms with E-state index >= 15 is 0 Å². The number of aliphatic hydroxyl groups excluding tert-OH is 1. The molecule has 5 nitrogen and oxygen atoms in total. The van der Waals surface area contributed by atoms with Crippen molar-refractivity contribution in [1.82, 2.24) is 4.31 Å². The van der Waals surface area contributed by atoms with Gasteiger partial charge in [-0.2, -0.15) is 4.31 Å². The van der Waals surface area contributed by atoms with E-state index in [1.807, 2.05) is 13.8 Å². The van der Waals surface area contributed by atoms with Gasteiger partial charge in [-0.05, 0) is 50.9 Å². The molecule has 0 saturated carbocycles. The monoisotopic (exact) mass is 300 g/mol. The largest absolute Gasteiger partial charge is 0.396 e. The molecule has 0 aromatic heterocycles. The molecule has 114 valence electrons. The standard InChI is InChI=1S/C14H24N2O3S/c1-12(2)16(10-3-11-17)20(18,19)14-6-4-13(5-7-14)8-9-15/h4-7,12,17H,3,8-11,15H2,1-2H3. The molecule has 0 aliphatic rings. The molecule has 1 rings (SSSR count). The van der Waals surface area contributed by atoms with Crippen molar-refractivity contribution in [2.75, 3.05) is 19.7 Å². The van der Waals surface area contributed by atoms with Crippen molar-refractivity contribution in [2.45, 2.75) is 37.6 Å². The number of hydrogen-bond donors (Lipinski definition) is 2. The van der Waals surface area contributed by atoms with Gasteiger partial charge in [0.05, 0.1) is 4.90 Å². The predicted molar refractivity (Wildman–Crippen MR) is 79.9 cm³/mol. The Balaban J connectivity index is 3.00. The van der Waals surface area contributed by atoms with Crippen molar-refractivity contribution in [3.63, 3.8) is 0 Å². The minimum Gasteiger partial charge on any atom is -0.396 e. The average Bonchev–Trinajstić information content (AvgIpc) is 2.39. The molecule has 0 radical (unpaired) electrons. The van der Waals surface area contributed by atoms with Crippen LogP contribution in [0.5, 0.6) is 0 Å². The number of sulfonamides is 1. The topological polar surface area (TPSA) is 83.6 Å². The lowest BCUT2D eigenvalue weighted by molar-refractivity contribution is 0.258. The van der Waals surface area contributed by atoms with Gasteiger partial charge < -0.3 is 10.8 Å². The van der Waals surface area contributed by atoms with E-state index in [0.717, 1.165) is 12.0 Å². The molecular formula is C14H24N2O3S. The van der Waals surface area contributed by atoms with Gasteiger partial charge >= 0.3 is 0 Å². The van der Waals surface area contributed by atoms with Gasteiger partial charge in [-0.15, -0.1) is 0 Å². The highest BCUT2D eigenvalue weighted by molar-refractivity contribution is 7.89. The minimum absolute atomic E-state index is 0.0197. The molecule has 0 fully saturated rings. The van der Waals surface area contributed by atoms with E-state index in [1.165, 1.54) is 4.31 Å². The molecule has 1 aromatic rings. The van der Waals surface area contributed by atoms with Crippen LogP contribution in [0.3, 0.4) is 0 Å². The van der Waals surface area contributed by atoms with E-state index in [1.54, 1.807) is 24.3 Å². The Kier molecular flexibility index (Phi) is 6.61. The van der Waals surface area contributed by atoms with Crippen molar-refractivity contribution in [3.8, 4) is 0 Å². The molecule has 3 N–H and O–H groups in total. The van der Waals surface area contributed by atoms with Crippen LogP contribution < -0.4 is 5.73 Å². The highest BCUT2D eigenvalue weighted by atomic mass is 32.2. The number of benzene rings is 1. The smallest absolute Gasteiger partial charge is 0.243 e. The van der Waals surface area contributed by atoms with Crippen molar-refractivity contribution in [2.24, 2.45) is 5.73 Å². The van der Waals surface area contributed by atoms with E-state index < -0.39 is 10.0 Å². The van der Waals surface area contributed by atoms with Gasteiger partial charge in [0, 0.05) is 19.2 Å². The highest BCUT2D eigenvalue weighted by Crippen LogP contribution is 2.19. The van der Waals surface area contributed by atoms with Crippen LogP contribution in [0.2, 0.25) is 0 Å². The first-order valence-electron chi connectivity index (χ1n) is 6.85. The van der Waals surface area contributed by atoms with E-state index in [9.17, 15) is 8.42 Å². The summed E-state index contributed by atoms with van der Waals surface area (Å²) in [4.78, 5) is 0.282. The zero-order valence-corrected chi connectivity index (χ0v) is 12.9. The van der Waals surface area contributed by atoms with E-state index in [-0.39, 0.29) is 17.5 Å². The maximum Gasteiger partial charge on any atom is 0.243 e. The maximum absolute atomic E-state index is 12.6. The Morgan fingerprint density at radius 3 is 2.30 bits per heavy atom. The third-order valence-electron chi connectivity index (χ3n) is 3.08. The van der Waals surface area contributed by atoms with Gasteiger partial charge in [-0.1, -0.05) is 12.1 Å². The lowest BCUT2D eigenvalue weighted by Crippen LogP contribution is -2.38. The molecule has 6 heteroatoms. The Labute approximate surface area is 121 Å². The molecule has 0 saturated heterocycles.